The lowest BCUT2D eigenvalue weighted by molar-refractivity contribution is -0.148. The lowest BCUT2D eigenvalue weighted by Crippen LogP contribution is -2.38. The molecule has 1 aliphatic rings. The van der Waals surface area contributed by atoms with E-state index in [1.165, 1.54) is 0 Å². The van der Waals surface area contributed by atoms with Gasteiger partial charge < -0.3 is 5.11 Å². The van der Waals surface area contributed by atoms with Crippen LogP contribution in [0.4, 0.5) is 4.39 Å². The lowest BCUT2D eigenvalue weighted by atomic mass is 9.67. The molecule has 0 amide bonds. The quantitative estimate of drug-likeness (QED) is 0.723. The van der Waals surface area contributed by atoms with Crippen LogP contribution >= 0.6 is 0 Å². The van der Waals surface area contributed by atoms with Gasteiger partial charge in [0.05, 0.1) is 0 Å². The van der Waals surface area contributed by atoms with Gasteiger partial charge in [0.15, 0.2) is 6.17 Å². The first kappa shape index (κ1) is 10.5. The number of rotatable bonds is 2. The van der Waals surface area contributed by atoms with Crippen LogP contribution in [0.25, 0.3) is 0 Å². The summed E-state index contributed by atoms with van der Waals surface area (Å²) in [6.45, 7) is 3.93. The van der Waals surface area contributed by atoms with Gasteiger partial charge in [0.25, 0.3) is 0 Å². The van der Waals surface area contributed by atoms with E-state index in [4.69, 9.17) is 5.11 Å². The molecular formula is C10H17FO2. The Morgan fingerprint density at radius 2 is 2.15 bits per heavy atom. The molecule has 0 radical (unpaired) electrons. The van der Waals surface area contributed by atoms with Crippen LogP contribution in [0.2, 0.25) is 0 Å². The summed E-state index contributed by atoms with van der Waals surface area (Å²) in [7, 11) is 0. The fourth-order valence-corrected chi connectivity index (χ4v) is 2.24. The number of halogens is 1. The zero-order valence-electron chi connectivity index (χ0n) is 8.22. The molecule has 76 valence electrons. The number of carboxylic acids is 1. The van der Waals surface area contributed by atoms with Gasteiger partial charge in [-0.15, -0.1) is 0 Å². The average Bonchev–Trinajstić information content (AvgIpc) is 2.02. The van der Waals surface area contributed by atoms with Crippen LogP contribution in [0.3, 0.4) is 0 Å². The summed E-state index contributed by atoms with van der Waals surface area (Å²) in [5.41, 5.74) is -0.157. The highest BCUT2D eigenvalue weighted by molar-refractivity contribution is 5.72. The number of hydrogen-bond donors (Lipinski definition) is 1. The minimum absolute atomic E-state index is 0.157. The minimum atomic E-state index is -1.68. The third kappa shape index (κ3) is 2.20. The van der Waals surface area contributed by atoms with E-state index in [-0.39, 0.29) is 11.3 Å². The van der Waals surface area contributed by atoms with Crippen molar-refractivity contribution < 1.29 is 14.3 Å². The van der Waals surface area contributed by atoms with Gasteiger partial charge in [0, 0.05) is 5.92 Å². The SMILES string of the molecule is CC1(C)CCCCC1C(F)C(=O)O. The molecule has 0 saturated heterocycles. The van der Waals surface area contributed by atoms with E-state index >= 15 is 0 Å². The standard InChI is InChI=1S/C10H17FO2/c1-10(2)6-4-3-5-7(10)8(11)9(12)13/h7-8H,3-6H2,1-2H3,(H,12,13). The van der Waals surface area contributed by atoms with Crippen molar-refractivity contribution in [3.05, 3.63) is 0 Å². The zero-order valence-corrected chi connectivity index (χ0v) is 8.22. The monoisotopic (exact) mass is 188 g/mol. The molecule has 1 saturated carbocycles. The lowest BCUT2D eigenvalue weighted by Gasteiger charge is -2.39. The summed E-state index contributed by atoms with van der Waals surface area (Å²) in [5, 5.41) is 8.59. The molecule has 2 nitrogen and oxygen atoms in total. The Bertz CT molecular complexity index is 201. The van der Waals surface area contributed by atoms with Crippen LogP contribution in [0, 0.1) is 11.3 Å². The Hall–Kier alpha value is -0.600. The second-order valence-electron chi connectivity index (χ2n) is 4.58. The highest BCUT2D eigenvalue weighted by Crippen LogP contribution is 2.43. The van der Waals surface area contributed by atoms with Crippen molar-refractivity contribution in [1.82, 2.24) is 0 Å². The minimum Gasteiger partial charge on any atom is -0.479 e. The summed E-state index contributed by atoms with van der Waals surface area (Å²) >= 11 is 0. The summed E-state index contributed by atoms with van der Waals surface area (Å²) < 4.78 is 13.3. The van der Waals surface area contributed by atoms with Gasteiger partial charge in [-0.25, -0.2) is 9.18 Å². The fourth-order valence-electron chi connectivity index (χ4n) is 2.24. The maximum atomic E-state index is 13.3. The Morgan fingerprint density at radius 3 is 2.62 bits per heavy atom. The zero-order chi connectivity index (χ0) is 10.1. The molecule has 1 rings (SSSR count). The first-order chi connectivity index (χ1) is 5.95. The largest absolute Gasteiger partial charge is 0.479 e. The second-order valence-corrected chi connectivity index (χ2v) is 4.58. The predicted octanol–water partition coefficient (Wildman–Crippen LogP) is 2.63. The van der Waals surface area contributed by atoms with Gasteiger partial charge in [-0.05, 0) is 18.3 Å². The summed E-state index contributed by atoms with van der Waals surface area (Å²) in [6.07, 6.45) is 2.01. The predicted molar refractivity (Wildman–Crippen MR) is 48.3 cm³/mol. The molecule has 3 heteroatoms. The Labute approximate surface area is 78.1 Å². The second kappa shape index (κ2) is 3.64. The molecule has 0 bridgehead atoms. The smallest absolute Gasteiger partial charge is 0.338 e. The number of carboxylic acid groups (broad SMARTS) is 1. The highest BCUT2D eigenvalue weighted by atomic mass is 19.1. The first-order valence-corrected chi connectivity index (χ1v) is 4.82. The third-order valence-electron chi connectivity index (χ3n) is 3.18. The molecule has 1 fully saturated rings. The van der Waals surface area contributed by atoms with E-state index in [1.54, 1.807) is 0 Å². The summed E-state index contributed by atoms with van der Waals surface area (Å²) in [4.78, 5) is 10.5. The number of carbonyl (C=O) groups is 1. The summed E-state index contributed by atoms with van der Waals surface area (Å²) in [6, 6.07) is 0. The van der Waals surface area contributed by atoms with E-state index < -0.39 is 12.1 Å². The first-order valence-electron chi connectivity index (χ1n) is 4.82. The van der Waals surface area contributed by atoms with E-state index in [1.807, 2.05) is 13.8 Å². The Morgan fingerprint density at radius 1 is 1.54 bits per heavy atom. The molecule has 2 unspecified atom stereocenters. The van der Waals surface area contributed by atoms with Gasteiger partial charge in [0.1, 0.15) is 0 Å². The van der Waals surface area contributed by atoms with Crippen LogP contribution in [0.5, 0.6) is 0 Å². The van der Waals surface area contributed by atoms with Crippen molar-refractivity contribution in [2.75, 3.05) is 0 Å². The van der Waals surface area contributed by atoms with E-state index in [0.29, 0.717) is 6.42 Å². The molecule has 1 N–H and O–H groups in total. The number of hydrogen-bond acceptors (Lipinski definition) is 1. The molecule has 0 aromatic carbocycles. The van der Waals surface area contributed by atoms with Gasteiger partial charge in [-0.2, -0.15) is 0 Å². The maximum absolute atomic E-state index is 13.3. The van der Waals surface area contributed by atoms with Crippen molar-refractivity contribution >= 4 is 5.97 Å². The Balaban J connectivity index is 2.70. The van der Waals surface area contributed by atoms with Crippen LogP contribution in [0.15, 0.2) is 0 Å². The molecule has 0 aliphatic heterocycles. The number of alkyl halides is 1. The van der Waals surface area contributed by atoms with Crippen LogP contribution < -0.4 is 0 Å². The molecule has 13 heavy (non-hydrogen) atoms. The topological polar surface area (TPSA) is 37.3 Å². The van der Waals surface area contributed by atoms with Gasteiger partial charge in [-0.3, -0.25) is 0 Å². The van der Waals surface area contributed by atoms with Crippen molar-refractivity contribution in [1.29, 1.82) is 0 Å². The van der Waals surface area contributed by atoms with Gasteiger partial charge in [0.2, 0.25) is 0 Å². The molecule has 2 atom stereocenters. The van der Waals surface area contributed by atoms with Crippen molar-refractivity contribution in [2.45, 2.75) is 45.7 Å². The van der Waals surface area contributed by atoms with Crippen LogP contribution in [-0.2, 0) is 4.79 Å². The highest BCUT2D eigenvalue weighted by Gasteiger charge is 2.40. The normalized spacial score (nSPS) is 29.6. The van der Waals surface area contributed by atoms with Gasteiger partial charge >= 0.3 is 5.97 Å². The number of aliphatic carboxylic acids is 1. The molecule has 0 spiro atoms. The van der Waals surface area contributed by atoms with Crippen molar-refractivity contribution in [3.63, 3.8) is 0 Å². The summed E-state index contributed by atoms with van der Waals surface area (Å²) in [5.74, 6) is -1.61. The van der Waals surface area contributed by atoms with E-state index in [9.17, 15) is 9.18 Å². The molecule has 0 heterocycles. The third-order valence-corrected chi connectivity index (χ3v) is 3.18. The molecule has 1 aliphatic carbocycles. The molecule has 0 aromatic heterocycles. The van der Waals surface area contributed by atoms with E-state index in [0.717, 1.165) is 19.3 Å². The average molecular weight is 188 g/mol. The van der Waals surface area contributed by atoms with Crippen LogP contribution in [0.1, 0.15) is 39.5 Å². The van der Waals surface area contributed by atoms with Crippen molar-refractivity contribution in [3.8, 4) is 0 Å². The molecular weight excluding hydrogens is 171 g/mol. The fraction of sp³-hybridized carbons (Fsp3) is 0.900. The maximum Gasteiger partial charge on any atom is 0.338 e. The van der Waals surface area contributed by atoms with E-state index in [2.05, 4.69) is 0 Å². The van der Waals surface area contributed by atoms with Gasteiger partial charge in [-0.1, -0.05) is 26.7 Å². The van der Waals surface area contributed by atoms with Crippen molar-refractivity contribution in [2.24, 2.45) is 11.3 Å². The molecule has 0 aromatic rings. The van der Waals surface area contributed by atoms with Crippen LogP contribution in [-0.4, -0.2) is 17.2 Å². The Kier molecular flexibility index (Phi) is 2.94.